The number of carbonyl (C=O) groups excluding carboxylic acids is 1. The first-order valence-corrected chi connectivity index (χ1v) is 11.8. The molecule has 1 unspecified atom stereocenters. The average Bonchev–Trinajstić information content (AvgIpc) is 3.33. The zero-order chi connectivity index (χ0) is 24.8. The van der Waals surface area contributed by atoms with Crippen LogP contribution in [0.3, 0.4) is 0 Å². The molecule has 1 amide bonds. The van der Waals surface area contributed by atoms with Gasteiger partial charge in [0.15, 0.2) is 11.5 Å². The van der Waals surface area contributed by atoms with Crippen molar-refractivity contribution in [3.63, 3.8) is 0 Å². The molecule has 2 N–H and O–H groups in total. The monoisotopic (exact) mass is 517 g/mol. The number of halogens is 2. The standard InChI is InChI=1S/C25H25Cl2N3O5/c1-33-23-5-3-18(12-24(23)34-11-8-16-2-4-19(26)13-21(16)27)25(31)28-15-20-14-22(29-35-20)17-6-9-30(32)10-7-17/h2-7,9,12-13,20,32H,8,10-11,14-15H2,1H3,(H,28,31). The SMILES string of the molecule is COc1ccc(C(=O)NCC2CC(C3=CCN(O)C=C3)=NO2)cc1OCCc1ccc(Cl)cc1Cl. The molecule has 0 aromatic heterocycles. The Bertz CT molecular complexity index is 1180. The molecule has 2 heterocycles. The van der Waals surface area contributed by atoms with Crippen LogP contribution in [0.4, 0.5) is 0 Å². The number of benzene rings is 2. The molecule has 2 aliphatic rings. The number of rotatable bonds is 9. The van der Waals surface area contributed by atoms with Crippen LogP contribution in [-0.4, -0.2) is 54.8 Å². The second kappa shape index (κ2) is 11.5. The number of oxime groups is 1. The van der Waals surface area contributed by atoms with Crippen LogP contribution in [0.5, 0.6) is 11.5 Å². The van der Waals surface area contributed by atoms with Crippen LogP contribution in [0.1, 0.15) is 22.3 Å². The molecule has 0 bridgehead atoms. The highest BCUT2D eigenvalue weighted by atomic mass is 35.5. The highest BCUT2D eigenvalue weighted by Gasteiger charge is 2.24. The third-order valence-corrected chi connectivity index (χ3v) is 6.14. The summed E-state index contributed by atoms with van der Waals surface area (Å²) < 4.78 is 11.3. The maximum Gasteiger partial charge on any atom is 0.251 e. The Hall–Kier alpha value is -3.20. The zero-order valence-electron chi connectivity index (χ0n) is 19.0. The van der Waals surface area contributed by atoms with Gasteiger partial charge < -0.3 is 19.6 Å². The lowest BCUT2D eigenvalue weighted by Gasteiger charge is -2.15. The number of nitrogens with zero attached hydrogens (tertiary/aromatic N) is 2. The Balaban J connectivity index is 1.30. The van der Waals surface area contributed by atoms with Gasteiger partial charge in [0.25, 0.3) is 5.91 Å². The summed E-state index contributed by atoms with van der Waals surface area (Å²) in [5.41, 5.74) is 3.04. The minimum atomic E-state index is -0.270. The lowest BCUT2D eigenvalue weighted by molar-refractivity contribution is -0.0304. The third-order valence-electron chi connectivity index (χ3n) is 5.55. The summed E-state index contributed by atoms with van der Waals surface area (Å²) >= 11 is 12.2. The van der Waals surface area contributed by atoms with Crippen LogP contribution in [0, 0.1) is 0 Å². The fourth-order valence-electron chi connectivity index (χ4n) is 3.64. The van der Waals surface area contributed by atoms with Crippen molar-refractivity contribution in [2.24, 2.45) is 5.16 Å². The molecule has 0 aliphatic carbocycles. The molecule has 35 heavy (non-hydrogen) atoms. The van der Waals surface area contributed by atoms with E-state index in [1.54, 1.807) is 49.7 Å². The van der Waals surface area contributed by atoms with Gasteiger partial charge in [-0.2, -0.15) is 0 Å². The third kappa shape index (κ3) is 6.48. The molecule has 2 aromatic carbocycles. The largest absolute Gasteiger partial charge is 0.493 e. The van der Waals surface area contributed by atoms with Crippen LogP contribution >= 0.6 is 23.2 Å². The Morgan fingerprint density at radius 2 is 2.11 bits per heavy atom. The Morgan fingerprint density at radius 3 is 2.86 bits per heavy atom. The van der Waals surface area contributed by atoms with Crippen LogP contribution < -0.4 is 14.8 Å². The van der Waals surface area contributed by atoms with Crippen molar-refractivity contribution < 1.29 is 24.3 Å². The van der Waals surface area contributed by atoms with Crippen molar-refractivity contribution in [1.82, 2.24) is 10.4 Å². The van der Waals surface area contributed by atoms with Crippen molar-refractivity contribution in [2.75, 3.05) is 26.8 Å². The average molecular weight is 518 g/mol. The lowest BCUT2D eigenvalue weighted by Crippen LogP contribution is -2.32. The van der Waals surface area contributed by atoms with Gasteiger partial charge in [0.1, 0.15) is 6.10 Å². The molecule has 2 aliphatic heterocycles. The molecule has 2 aromatic rings. The number of nitrogens with one attached hydrogen (secondary N) is 1. The molecule has 4 rings (SSSR count). The predicted octanol–water partition coefficient (Wildman–Crippen LogP) is 4.64. The van der Waals surface area contributed by atoms with E-state index in [1.165, 1.54) is 0 Å². The first-order valence-electron chi connectivity index (χ1n) is 11.0. The fourth-order valence-corrected chi connectivity index (χ4v) is 4.15. The van der Waals surface area contributed by atoms with Crippen LogP contribution in [0.2, 0.25) is 10.0 Å². The van der Waals surface area contributed by atoms with E-state index in [4.69, 9.17) is 37.5 Å². The van der Waals surface area contributed by atoms with Crippen molar-refractivity contribution >= 4 is 34.8 Å². The number of hydrogen-bond acceptors (Lipinski definition) is 7. The minimum Gasteiger partial charge on any atom is -0.493 e. The maximum atomic E-state index is 12.8. The highest BCUT2D eigenvalue weighted by molar-refractivity contribution is 6.35. The van der Waals surface area contributed by atoms with E-state index >= 15 is 0 Å². The van der Waals surface area contributed by atoms with E-state index in [-0.39, 0.29) is 12.0 Å². The van der Waals surface area contributed by atoms with Gasteiger partial charge in [0, 0.05) is 34.7 Å². The first kappa shape index (κ1) is 24.9. The normalized spacial score (nSPS) is 16.9. The lowest BCUT2D eigenvalue weighted by atomic mass is 10.0. The van der Waals surface area contributed by atoms with Crippen molar-refractivity contribution in [3.05, 3.63) is 81.5 Å². The number of allylic oxidation sites excluding steroid dienone is 2. The summed E-state index contributed by atoms with van der Waals surface area (Å²) in [6.45, 7) is 1.03. The summed E-state index contributed by atoms with van der Waals surface area (Å²) in [7, 11) is 1.54. The summed E-state index contributed by atoms with van der Waals surface area (Å²) in [6.07, 6.45) is 6.06. The molecule has 0 saturated carbocycles. The van der Waals surface area contributed by atoms with Gasteiger partial charge >= 0.3 is 0 Å². The number of hydroxylamine groups is 2. The molecule has 184 valence electrons. The van der Waals surface area contributed by atoms with Crippen molar-refractivity contribution in [3.8, 4) is 11.5 Å². The summed E-state index contributed by atoms with van der Waals surface area (Å²) in [5, 5.41) is 18.6. The van der Waals surface area contributed by atoms with E-state index in [2.05, 4.69) is 10.5 Å². The molecule has 1 atom stereocenters. The van der Waals surface area contributed by atoms with E-state index in [9.17, 15) is 10.0 Å². The summed E-state index contributed by atoms with van der Waals surface area (Å²) in [5.74, 6) is 0.723. The summed E-state index contributed by atoms with van der Waals surface area (Å²) in [6, 6.07) is 10.3. The van der Waals surface area contributed by atoms with Crippen LogP contribution in [0.25, 0.3) is 0 Å². The molecule has 0 saturated heterocycles. The molecule has 0 radical (unpaired) electrons. The van der Waals surface area contributed by atoms with Crippen molar-refractivity contribution in [1.29, 1.82) is 0 Å². The zero-order valence-corrected chi connectivity index (χ0v) is 20.6. The number of amides is 1. The van der Waals surface area contributed by atoms with E-state index in [1.807, 2.05) is 12.1 Å². The Morgan fingerprint density at radius 1 is 1.26 bits per heavy atom. The maximum absolute atomic E-state index is 12.8. The molecule has 8 nitrogen and oxygen atoms in total. The van der Waals surface area contributed by atoms with Gasteiger partial charge in [-0.1, -0.05) is 40.5 Å². The molecule has 0 spiro atoms. The van der Waals surface area contributed by atoms with E-state index in [0.29, 0.717) is 59.6 Å². The van der Waals surface area contributed by atoms with Gasteiger partial charge in [0.2, 0.25) is 0 Å². The predicted molar refractivity (Wildman–Crippen MR) is 134 cm³/mol. The van der Waals surface area contributed by atoms with Gasteiger partial charge in [0.05, 0.1) is 32.5 Å². The smallest absolute Gasteiger partial charge is 0.251 e. The van der Waals surface area contributed by atoms with Gasteiger partial charge in [-0.3, -0.25) is 15.1 Å². The van der Waals surface area contributed by atoms with Gasteiger partial charge in [-0.25, -0.2) is 0 Å². The van der Waals surface area contributed by atoms with Crippen LogP contribution in [0.15, 0.2) is 65.5 Å². The Labute approximate surface area is 213 Å². The van der Waals surface area contributed by atoms with Gasteiger partial charge in [-0.15, -0.1) is 0 Å². The number of carbonyl (C=O) groups is 1. The topological polar surface area (TPSA) is 92.6 Å². The number of ether oxygens (including phenoxy) is 2. The second-order valence-corrected chi connectivity index (χ2v) is 8.82. The molecular weight excluding hydrogens is 493 g/mol. The molecular formula is C25H25Cl2N3O5. The Kier molecular flexibility index (Phi) is 8.17. The van der Waals surface area contributed by atoms with E-state index in [0.717, 1.165) is 21.9 Å². The minimum absolute atomic E-state index is 0.261. The fraction of sp³-hybridized carbons (Fsp3) is 0.280. The molecule has 0 fully saturated rings. The van der Waals surface area contributed by atoms with E-state index < -0.39 is 0 Å². The highest BCUT2D eigenvalue weighted by Crippen LogP contribution is 2.29. The second-order valence-electron chi connectivity index (χ2n) is 7.98. The summed E-state index contributed by atoms with van der Waals surface area (Å²) in [4.78, 5) is 18.2. The van der Waals surface area contributed by atoms with Crippen LogP contribution in [-0.2, 0) is 11.3 Å². The molecule has 10 heteroatoms. The van der Waals surface area contributed by atoms with Crippen molar-refractivity contribution in [2.45, 2.75) is 18.9 Å². The van der Waals surface area contributed by atoms with Gasteiger partial charge in [-0.05, 0) is 47.5 Å². The number of hydrogen-bond donors (Lipinski definition) is 2. The first-order chi connectivity index (χ1) is 16.9. The number of methoxy groups -OCH3 is 1. The quantitative estimate of drug-likeness (QED) is 0.503.